The lowest BCUT2D eigenvalue weighted by atomic mass is 10.2. The predicted molar refractivity (Wildman–Crippen MR) is 84.5 cm³/mol. The van der Waals surface area contributed by atoms with Crippen LogP contribution in [-0.4, -0.2) is 59.2 Å². The number of aromatic nitrogens is 1. The molecule has 0 saturated carbocycles. The Balaban J connectivity index is 1.72. The molecule has 0 radical (unpaired) electrons. The third-order valence-electron chi connectivity index (χ3n) is 3.28. The SMILES string of the molecule is CC(C)(C)OC(=O)N1CCN(CCc2csc(N)n2)CC1. The van der Waals surface area contributed by atoms with E-state index in [1.807, 2.05) is 26.2 Å². The zero-order valence-electron chi connectivity index (χ0n) is 13.0. The molecule has 2 rings (SSSR count). The van der Waals surface area contributed by atoms with E-state index < -0.39 is 5.60 Å². The van der Waals surface area contributed by atoms with Crippen molar-refractivity contribution in [2.45, 2.75) is 32.8 Å². The summed E-state index contributed by atoms with van der Waals surface area (Å²) in [6, 6.07) is 0. The van der Waals surface area contributed by atoms with Crippen LogP contribution in [0, 0.1) is 0 Å². The number of thiazole rings is 1. The molecule has 1 amide bonds. The summed E-state index contributed by atoms with van der Waals surface area (Å²) in [5, 5.41) is 2.63. The van der Waals surface area contributed by atoms with E-state index in [-0.39, 0.29) is 6.09 Å². The van der Waals surface area contributed by atoms with Crippen molar-refractivity contribution in [2.75, 3.05) is 38.5 Å². The number of nitrogens with zero attached hydrogens (tertiary/aromatic N) is 3. The molecule has 118 valence electrons. The second kappa shape index (κ2) is 6.62. The Kier molecular flexibility index (Phi) is 5.05. The quantitative estimate of drug-likeness (QED) is 0.922. The molecule has 1 saturated heterocycles. The summed E-state index contributed by atoms with van der Waals surface area (Å²) >= 11 is 1.48. The molecule has 0 atom stereocenters. The van der Waals surface area contributed by atoms with Gasteiger partial charge in [-0.1, -0.05) is 0 Å². The van der Waals surface area contributed by atoms with Gasteiger partial charge >= 0.3 is 6.09 Å². The average molecular weight is 312 g/mol. The maximum Gasteiger partial charge on any atom is 0.410 e. The fraction of sp³-hybridized carbons (Fsp3) is 0.714. The molecule has 1 fully saturated rings. The first kappa shape index (κ1) is 16.0. The van der Waals surface area contributed by atoms with Gasteiger partial charge in [0.25, 0.3) is 0 Å². The number of nitrogens with two attached hydrogens (primary N) is 1. The number of rotatable bonds is 3. The van der Waals surface area contributed by atoms with Crippen LogP contribution in [0.3, 0.4) is 0 Å². The standard InChI is InChI=1S/C14H24N4O2S/c1-14(2,3)20-13(19)18-8-6-17(7-9-18)5-4-11-10-21-12(15)16-11/h10H,4-9H2,1-3H3,(H2,15,16). The molecule has 0 aromatic carbocycles. The first-order valence-electron chi connectivity index (χ1n) is 7.24. The van der Waals surface area contributed by atoms with Gasteiger partial charge in [-0.25, -0.2) is 9.78 Å². The number of piperazine rings is 1. The van der Waals surface area contributed by atoms with E-state index in [0.717, 1.165) is 31.7 Å². The van der Waals surface area contributed by atoms with Crippen molar-refractivity contribution < 1.29 is 9.53 Å². The topological polar surface area (TPSA) is 71.7 Å². The lowest BCUT2D eigenvalue weighted by Crippen LogP contribution is -2.50. The van der Waals surface area contributed by atoms with Crippen molar-refractivity contribution in [1.29, 1.82) is 0 Å². The van der Waals surface area contributed by atoms with Gasteiger partial charge in [-0.15, -0.1) is 11.3 Å². The van der Waals surface area contributed by atoms with Gasteiger partial charge in [-0.05, 0) is 20.8 Å². The predicted octanol–water partition coefficient (Wildman–Crippen LogP) is 1.82. The Morgan fingerprint density at radius 3 is 2.57 bits per heavy atom. The highest BCUT2D eigenvalue weighted by atomic mass is 32.1. The molecule has 0 bridgehead atoms. The Morgan fingerprint density at radius 1 is 1.38 bits per heavy atom. The fourth-order valence-corrected chi connectivity index (χ4v) is 2.79. The molecule has 7 heteroatoms. The lowest BCUT2D eigenvalue weighted by molar-refractivity contribution is 0.0146. The number of anilines is 1. The normalized spacial score (nSPS) is 17.0. The number of hydrogen-bond donors (Lipinski definition) is 1. The summed E-state index contributed by atoms with van der Waals surface area (Å²) in [6.45, 7) is 9.80. The van der Waals surface area contributed by atoms with E-state index in [2.05, 4.69) is 9.88 Å². The molecule has 1 aromatic rings. The zero-order chi connectivity index (χ0) is 15.5. The third kappa shape index (κ3) is 5.17. The summed E-state index contributed by atoms with van der Waals surface area (Å²) in [6.07, 6.45) is 0.689. The molecular formula is C14H24N4O2S. The van der Waals surface area contributed by atoms with Gasteiger partial charge in [0.15, 0.2) is 5.13 Å². The van der Waals surface area contributed by atoms with E-state index in [4.69, 9.17) is 10.5 Å². The number of hydrogen-bond acceptors (Lipinski definition) is 6. The van der Waals surface area contributed by atoms with E-state index in [1.165, 1.54) is 11.3 Å². The largest absolute Gasteiger partial charge is 0.444 e. The molecule has 6 nitrogen and oxygen atoms in total. The van der Waals surface area contributed by atoms with Gasteiger partial charge < -0.3 is 15.4 Å². The van der Waals surface area contributed by atoms with Crippen LogP contribution in [0.5, 0.6) is 0 Å². The van der Waals surface area contributed by atoms with Gasteiger partial charge in [-0.2, -0.15) is 0 Å². The molecular weight excluding hydrogens is 288 g/mol. The number of amides is 1. The minimum absolute atomic E-state index is 0.213. The second-order valence-electron chi connectivity index (χ2n) is 6.24. The summed E-state index contributed by atoms with van der Waals surface area (Å²) in [7, 11) is 0. The van der Waals surface area contributed by atoms with Crippen molar-refractivity contribution in [3.63, 3.8) is 0 Å². The number of carbonyl (C=O) groups is 1. The molecule has 0 aliphatic carbocycles. The van der Waals surface area contributed by atoms with E-state index in [0.29, 0.717) is 18.2 Å². The highest BCUT2D eigenvalue weighted by molar-refractivity contribution is 7.13. The van der Waals surface area contributed by atoms with Crippen molar-refractivity contribution >= 4 is 22.6 Å². The van der Waals surface area contributed by atoms with Gasteiger partial charge in [0.1, 0.15) is 5.60 Å². The van der Waals surface area contributed by atoms with Crippen LogP contribution in [0.25, 0.3) is 0 Å². The molecule has 1 aliphatic rings. The van der Waals surface area contributed by atoms with Crippen LogP contribution in [0.1, 0.15) is 26.5 Å². The smallest absolute Gasteiger partial charge is 0.410 e. The van der Waals surface area contributed by atoms with Crippen molar-refractivity contribution in [3.05, 3.63) is 11.1 Å². The minimum atomic E-state index is -0.432. The van der Waals surface area contributed by atoms with Crippen LogP contribution in [0.2, 0.25) is 0 Å². The van der Waals surface area contributed by atoms with Crippen LogP contribution in [-0.2, 0) is 11.2 Å². The Bertz CT molecular complexity index is 476. The first-order valence-corrected chi connectivity index (χ1v) is 8.11. The van der Waals surface area contributed by atoms with Crippen LogP contribution >= 0.6 is 11.3 Å². The summed E-state index contributed by atoms with van der Waals surface area (Å²) in [5.41, 5.74) is 6.24. The van der Waals surface area contributed by atoms with Crippen molar-refractivity contribution in [3.8, 4) is 0 Å². The summed E-state index contributed by atoms with van der Waals surface area (Å²) < 4.78 is 5.39. The number of carbonyl (C=O) groups excluding carboxylic acids is 1. The molecule has 0 spiro atoms. The average Bonchev–Trinajstić information content (AvgIpc) is 2.81. The highest BCUT2D eigenvalue weighted by Crippen LogP contribution is 2.14. The monoisotopic (exact) mass is 312 g/mol. The fourth-order valence-electron chi connectivity index (χ4n) is 2.19. The maximum atomic E-state index is 12.0. The number of nitrogen functional groups attached to an aromatic ring is 1. The molecule has 2 N–H and O–H groups in total. The summed E-state index contributed by atoms with van der Waals surface area (Å²) in [5.74, 6) is 0. The molecule has 0 unspecified atom stereocenters. The highest BCUT2D eigenvalue weighted by Gasteiger charge is 2.25. The second-order valence-corrected chi connectivity index (χ2v) is 7.13. The maximum absolute atomic E-state index is 12.0. The van der Waals surface area contributed by atoms with Crippen molar-refractivity contribution in [2.24, 2.45) is 0 Å². The van der Waals surface area contributed by atoms with Gasteiger partial charge in [0.2, 0.25) is 0 Å². The Morgan fingerprint density at radius 2 is 2.05 bits per heavy atom. The van der Waals surface area contributed by atoms with Gasteiger partial charge in [0, 0.05) is 44.5 Å². The van der Waals surface area contributed by atoms with Crippen LogP contribution in [0.4, 0.5) is 9.93 Å². The molecule has 21 heavy (non-hydrogen) atoms. The molecule has 2 heterocycles. The zero-order valence-corrected chi connectivity index (χ0v) is 13.8. The number of ether oxygens (including phenoxy) is 1. The summed E-state index contributed by atoms with van der Waals surface area (Å²) in [4.78, 5) is 20.4. The Hall–Kier alpha value is -1.34. The van der Waals surface area contributed by atoms with Gasteiger partial charge in [-0.3, -0.25) is 4.90 Å². The van der Waals surface area contributed by atoms with Crippen molar-refractivity contribution in [1.82, 2.24) is 14.8 Å². The van der Waals surface area contributed by atoms with E-state index in [1.54, 1.807) is 4.90 Å². The van der Waals surface area contributed by atoms with E-state index in [9.17, 15) is 4.79 Å². The first-order chi connectivity index (χ1) is 9.83. The van der Waals surface area contributed by atoms with Gasteiger partial charge in [0.05, 0.1) is 5.69 Å². The van der Waals surface area contributed by atoms with E-state index >= 15 is 0 Å². The van der Waals surface area contributed by atoms with Crippen LogP contribution < -0.4 is 5.73 Å². The Labute approximate surface area is 129 Å². The molecule has 1 aromatic heterocycles. The third-order valence-corrected chi connectivity index (χ3v) is 4.00. The lowest BCUT2D eigenvalue weighted by Gasteiger charge is -2.35. The molecule has 1 aliphatic heterocycles. The van der Waals surface area contributed by atoms with Crippen LogP contribution in [0.15, 0.2) is 5.38 Å². The minimum Gasteiger partial charge on any atom is -0.444 e.